The van der Waals surface area contributed by atoms with Crippen LogP contribution in [-0.2, 0) is 41.8 Å². The van der Waals surface area contributed by atoms with Crippen LogP contribution < -0.4 is 26.5 Å². The standard InChI is InChI=1S/C26H25ClN8O9S2/c1-11(23(38)39)44-32-16(15-19(27)46-25(28)31-15)20(36)30-17-21(37)35-18(24(40)41)12(10-45-22(17)35)9-34-5-2-3-13-14(34)4-6-33(13)7-8-43-26(29)42/h2-6,11,17,22H,7-10H2,1H3,(H6-,28,29,30,31,36,38,39,40,41,42)/b32-16-/t11-,17+,22+/m0/s1. The molecule has 0 saturated carbocycles. The average molecular weight is 693 g/mol. The Morgan fingerprint density at radius 1 is 1.35 bits per heavy atom. The van der Waals surface area contributed by atoms with E-state index in [0.717, 1.165) is 27.3 Å². The topological polar surface area (TPSA) is 248 Å². The molecule has 46 heavy (non-hydrogen) atoms. The highest BCUT2D eigenvalue weighted by Gasteiger charge is 2.53. The summed E-state index contributed by atoms with van der Waals surface area (Å²) in [5.41, 5.74) is 11.7. The van der Waals surface area contributed by atoms with Crippen LogP contribution in [0.4, 0.5) is 9.93 Å². The minimum absolute atomic E-state index is 0.000917. The van der Waals surface area contributed by atoms with Crippen LogP contribution in [0.25, 0.3) is 11.0 Å². The number of nitrogens with one attached hydrogen (secondary N) is 1. The summed E-state index contributed by atoms with van der Waals surface area (Å²) in [6.45, 7) is 1.71. The van der Waals surface area contributed by atoms with E-state index in [1.807, 2.05) is 21.3 Å². The molecule has 3 atom stereocenters. The first-order chi connectivity index (χ1) is 21.9. The molecule has 242 valence electrons. The minimum Gasteiger partial charge on any atom is -0.543 e. The Labute approximate surface area is 272 Å². The lowest BCUT2D eigenvalue weighted by Gasteiger charge is -2.50. The number of hydrogen-bond acceptors (Lipinski definition) is 13. The molecule has 2 aliphatic rings. The number of β-lactam (4-membered cyclic amide) rings is 1. The number of fused-ring (bicyclic) bond motifs is 2. The number of aromatic nitrogens is 3. The van der Waals surface area contributed by atoms with Crippen LogP contribution in [0.15, 0.2) is 47.0 Å². The van der Waals surface area contributed by atoms with Crippen molar-refractivity contribution in [3.8, 4) is 0 Å². The van der Waals surface area contributed by atoms with E-state index in [-0.39, 0.29) is 39.8 Å². The number of rotatable bonds is 12. The monoisotopic (exact) mass is 692 g/mol. The number of thiazole rings is 1. The summed E-state index contributed by atoms with van der Waals surface area (Å²) in [5, 5.41) is 26.8. The maximum atomic E-state index is 13.3. The van der Waals surface area contributed by atoms with E-state index in [1.54, 1.807) is 18.5 Å². The van der Waals surface area contributed by atoms with Crippen molar-refractivity contribution < 1.29 is 48.3 Å². The summed E-state index contributed by atoms with van der Waals surface area (Å²) < 4.78 is 8.45. The van der Waals surface area contributed by atoms with Gasteiger partial charge in [-0.3, -0.25) is 14.5 Å². The summed E-state index contributed by atoms with van der Waals surface area (Å²) in [6.07, 6.45) is 1.23. The van der Waals surface area contributed by atoms with Gasteiger partial charge in [0.1, 0.15) is 33.6 Å². The van der Waals surface area contributed by atoms with Crippen molar-refractivity contribution in [3.05, 3.63) is 51.9 Å². The molecule has 1 saturated heterocycles. The molecule has 0 aromatic carbocycles. The number of oxime groups is 1. The molecule has 5 rings (SSSR count). The average Bonchev–Trinajstić information content (AvgIpc) is 3.57. The Kier molecular flexibility index (Phi) is 9.35. The maximum absolute atomic E-state index is 13.3. The molecule has 0 unspecified atom stereocenters. The van der Waals surface area contributed by atoms with Gasteiger partial charge < -0.3 is 45.9 Å². The zero-order chi connectivity index (χ0) is 33.3. The van der Waals surface area contributed by atoms with Crippen LogP contribution >= 0.6 is 34.7 Å². The molecule has 0 bridgehead atoms. The number of nitrogen functional groups attached to an aromatic ring is 1. The predicted octanol–water partition coefficient (Wildman–Crippen LogP) is -0.986. The molecule has 3 aromatic heterocycles. The van der Waals surface area contributed by atoms with E-state index in [2.05, 4.69) is 15.5 Å². The molecule has 3 amide bonds. The van der Waals surface area contributed by atoms with Crippen LogP contribution in [0.1, 0.15) is 12.6 Å². The first-order valence-electron chi connectivity index (χ1n) is 13.3. The van der Waals surface area contributed by atoms with Crippen LogP contribution in [0.5, 0.6) is 0 Å². The second-order valence-electron chi connectivity index (χ2n) is 9.88. The van der Waals surface area contributed by atoms with Crippen LogP contribution in [-0.4, -0.2) is 85.0 Å². The third kappa shape index (κ3) is 6.42. The first kappa shape index (κ1) is 32.5. The summed E-state index contributed by atoms with van der Waals surface area (Å²) in [5.74, 6) is -4.41. The quantitative estimate of drug-likeness (QED) is 0.0773. The maximum Gasteiger partial charge on any atom is 0.404 e. The highest BCUT2D eigenvalue weighted by atomic mass is 35.5. The van der Waals surface area contributed by atoms with E-state index >= 15 is 0 Å². The number of halogens is 1. The number of hydrogen-bond donors (Lipinski definition) is 4. The van der Waals surface area contributed by atoms with Gasteiger partial charge in [-0.1, -0.05) is 28.1 Å². The fourth-order valence-corrected chi connectivity index (χ4v) is 7.10. The number of carboxylic acids is 2. The van der Waals surface area contributed by atoms with Gasteiger partial charge in [-0.15, -0.1) is 11.8 Å². The molecule has 20 heteroatoms. The fourth-order valence-electron chi connectivity index (χ4n) is 4.83. The van der Waals surface area contributed by atoms with Gasteiger partial charge in [-0.25, -0.2) is 14.6 Å². The smallest absolute Gasteiger partial charge is 0.404 e. The first-order valence-corrected chi connectivity index (χ1v) is 15.6. The van der Waals surface area contributed by atoms with E-state index in [9.17, 15) is 29.1 Å². The Morgan fingerprint density at radius 2 is 2.11 bits per heavy atom. The van der Waals surface area contributed by atoms with Gasteiger partial charge >= 0.3 is 12.1 Å². The zero-order valence-corrected chi connectivity index (χ0v) is 26.1. The number of anilines is 1. The molecular weight excluding hydrogens is 668 g/mol. The van der Waals surface area contributed by atoms with Gasteiger partial charge in [-0.05, 0) is 13.0 Å². The van der Waals surface area contributed by atoms with Crippen molar-refractivity contribution in [2.24, 2.45) is 10.9 Å². The van der Waals surface area contributed by atoms with Crippen molar-refractivity contribution in [1.29, 1.82) is 0 Å². The highest BCUT2D eigenvalue weighted by Crippen LogP contribution is 2.40. The van der Waals surface area contributed by atoms with Crippen LogP contribution in [0.3, 0.4) is 0 Å². The third-order valence-corrected chi connectivity index (χ3v) is 9.39. The van der Waals surface area contributed by atoms with E-state index < -0.39 is 53.1 Å². The molecule has 1 fully saturated rings. The van der Waals surface area contributed by atoms with Gasteiger partial charge in [0.2, 0.25) is 11.6 Å². The molecule has 0 aliphatic carbocycles. The lowest BCUT2D eigenvalue weighted by molar-refractivity contribution is -0.663. The van der Waals surface area contributed by atoms with Gasteiger partial charge in [0.05, 0.1) is 18.2 Å². The highest BCUT2D eigenvalue weighted by molar-refractivity contribution is 8.00. The minimum atomic E-state index is -1.56. The zero-order valence-electron chi connectivity index (χ0n) is 23.7. The van der Waals surface area contributed by atoms with Crippen molar-refractivity contribution in [1.82, 2.24) is 19.8 Å². The molecule has 6 N–H and O–H groups in total. The second-order valence-corrected chi connectivity index (χ2v) is 12.6. The summed E-state index contributed by atoms with van der Waals surface area (Å²) in [7, 11) is 0. The number of nitrogens with zero attached hydrogens (tertiary/aromatic N) is 5. The van der Waals surface area contributed by atoms with Crippen LogP contribution in [0, 0.1) is 0 Å². The number of ether oxygens (including phenoxy) is 1. The number of thioether (sulfide) groups is 1. The number of primary amides is 1. The summed E-state index contributed by atoms with van der Waals surface area (Å²) in [4.78, 5) is 71.0. The van der Waals surface area contributed by atoms with E-state index in [0.29, 0.717) is 12.1 Å². The molecule has 0 radical (unpaired) electrons. The number of carbonyl (C=O) groups excluding carboxylic acids is 4. The van der Waals surface area contributed by atoms with Crippen molar-refractivity contribution in [3.63, 3.8) is 0 Å². The van der Waals surface area contributed by atoms with Crippen molar-refractivity contribution >= 4 is 86.4 Å². The molecule has 17 nitrogen and oxygen atoms in total. The Hall–Kier alpha value is -4.88. The number of nitrogens with two attached hydrogens (primary N) is 2. The number of carboxylic acid groups (broad SMARTS) is 2. The largest absolute Gasteiger partial charge is 0.543 e. The Bertz CT molecular complexity index is 1820. The lowest BCUT2D eigenvalue weighted by Crippen LogP contribution is -2.71. The third-order valence-electron chi connectivity index (χ3n) is 6.97. The van der Waals surface area contributed by atoms with Gasteiger partial charge in [-0.2, -0.15) is 4.57 Å². The number of aliphatic carboxylic acids is 2. The molecule has 2 aliphatic heterocycles. The molecular formula is C26H25ClN8O9S2. The lowest BCUT2D eigenvalue weighted by atomic mass is 10.0. The van der Waals surface area contributed by atoms with E-state index in [1.165, 1.54) is 18.7 Å². The predicted molar refractivity (Wildman–Crippen MR) is 161 cm³/mol. The molecule has 3 aromatic rings. The molecule has 0 spiro atoms. The van der Waals surface area contributed by atoms with E-state index in [4.69, 9.17) is 37.7 Å². The molecule has 5 heterocycles. The van der Waals surface area contributed by atoms with Crippen molar-refractivity contribution in [2.75, 3.05) is 18.1 Å². The number of pyridine rings is 1. The number of carbonyl (C=O) groups is 5. The summed E-state index contributed by atoms with van der Waals surface area (Å²) in [6, 6.07) is 4.27. The fraction of sp³-hybridized carbons (Fsp3) is 0.308. The van der Waals surface area contributed by atoms with Gasteiger partial charge in [0, 0.05) is 29.7 Å². The Balaban J connectivity index is 1.36. The second kappa shape index (κ2) is 13.2. The summed E-state index contributed by atoms with van der Waals surface area (Å²) >= 11 is 8.22. The van der Waals surface area contributed by atoms with Gasteiger partial charge in [0.25, 0.3) is 11.8 Å². The van der Waals surface area contributed by atoms with Gasteiger partial charge in [0.15, 0.2) is 23.6 Å². The normalized spacial score (nSPS) is 18.5. The van der Waals surface area contributed by atoms with Crippen molar-refractivity contribution in [2.45, 2.75) is 37.5 Å². The SMILES string of the molecule is C[C@H](O/N=C(\C(=O)N[C@@H]1C(=O)N2C(C(=O)[O-])=C(C[n+]3cccc4c3ccn4CCOC(N)=O)CS[C@H]12)c1nc(N)sc1Cl)C(=O)O. The Morgan fingerprint density at radius 3 is 2.76 bits per heavy atom. The van der Waals surface area contributed by atoms with Crippen LogP contribution in [0.2, 0.25) is 4.34 Å². The number of amides is 3.